The number of hydrogen-bond donors (Lipinski definition) is 22. The Kier molecular flexibility index (Phi) is 33.9. The Labute approximate surface area is 606 Å². The van der Waals surface area contributed by atoms with Crippen molar-refractivity contribution >= 4 is 106 Å². The average molecular weight is 1490 g/mol. The van der Waals surface area contributed by atoms with Gasteiger partial charge < -0.3 is 121 Å². The summed E-state index contributed by atoms with van der Waals surface area (Å²) in [6.45, 7) is 3.44. The molecule has 4 aromatic rings. The van der Waals surface area contributed by atoms with Gasteiger partial charge in [0.1, 0.15) is 60.4 Å². The number of carbonyl (C=O) groups excluding carboxylic acids is 11. The first-order valence-corrected chi connectivity index (χ1v) is 34.2. The van der Waals surface area contributed by atoms with Crippen molar-refractivity contribution in [3.05, 3.63) is 72.5 Å². The number of amides is 11. The highest BCUT2D eigenvalue weighted by Crippen LogP contribution is 2.22. The zero-order valence-corrected chi connectivity index (χ0v) is 58.6. The largest absolute Gasteiger partial charge is 0.481 e. The number of imidazole rings is 2. The van der Waals surface area contributed by atoms with E-state index in [9.17, 15) is 92.3 Å². The number of aliphatic carboxylic acids is 4. The third-order valence-corrected chi connectivity index (χ3v) is 17.2. The number of hydrogen-bond acceptors (Lipinski definition) is 21. The first kappa shape index (κ1) is 85.0. The molecule has 3 aromatic heterocycles. The molecule has 41 nitrogen and oxygen atoms in total. The third kappa shape index (κ3) is 27.2. The van der Waals surface area contributed by atoms with Crippen LogP contribution < -0.4 is 76.1 Å². The van der Waals surface area contributed by atoms with Gasteiger partial charge in [0.25, 0.3) is 0 Å². The molecule has 13 atom stereocenters. The van der Waals surface area contributed by atoms with E-state index in [4.69, 9.17) is 28.0 Å². The van der Waals surface area contributed by atoms with Crippen LogP contribution in [-0.4, -0.2) is 249 Å². The summed E-state index contributed by atoms with van der Waals surface area (Å²) in [5.41, 5.74) is 24.8. The number of carboxylic acids is 4. The number of nitrogens with one attached hydrogen (secondary N) is 13. The molecule has 0 saturated carbocycles. The molecule has 11 amide bonds. The lowest BCUT2D eigenvalue weighted by Gasteiger charge is -2.31. The van der Waals surface area contributed by atoms with Gasteiger partial charge in [0.15, 0.2) is 5.96 Å². The van der Waals surface area contributed by atoms with Gasteiger partial charge in [0.05, 0.1) is 44.2 Å². The number of rotatable bonds is 46. The van der Waals surface area contributed by atoms with Gasteiger partial charge in [-0.2, -0.15) is 0 Å². The van der Waals surface area contributed by atoms with Crippen LogP contribution in [0.1, 0.15) is 115 Å². The van der Waals surface area contributed by atoms with Crippen LogP contribution in [0.5, 0.6) is 0 Å². The molecule has 1 aliphatic heterocycles. The number of guanidine groups is 1. The van der Waals surface area contributed by atoms with E-state index in [0.717, 1.165) is 11.8 Å². The number of carbonyl (C=O) groups is 15. The Bertz CT molecular complexity index is 3730. The molecule has 1 aliphatic rings. The van der Waals surface area contributed by atoms with Crippen molar-refractivity contribution in [3.63, 3.8) is 0 Å². The number of aromatic amines is 3. The van der Waals surface area contributed by atoms with Crippen molar-refractivity contribution < 1.29 is 97.5 Å². The van der Waals surface area contributed by atoms with Crippen LogP contribution >= 0.6 is 0 Å². The monoisotopic (exact) mass is 1490 g/mol. The molecule has 0 unspecified atom stereocenters. The lowest BCUT2D eigenvalue weighted by atomic mass is 9.96. The van der Waals surface area contributed by atoms with Crippen LogP contribution in [0, 0.1) is 5.92 Å². The zero-order chi connectivity index (χ0) is 78.3. The molecular weight excluding hydrogens is 1390 g/mol. The summed E-state index contributed by atoms with van der Waals surface area (Å²) in [6.07, 6.45) is 1.84. The molecule has 580 valence electrons. The van der Waals surface area contributed by atoms with E-state index in [1.807, 2.05) is 5.32 Å². The molecule has 1 aromatic carbocycles. The number of benzene rings is 1. The minimum atomic E-state index is -1.95. The quantitative estimate of drug-likeness (QED) is 0.0111. The maximum Gasteiger partial charge on any atom is 0.326 e. The Morgan fingerprint density at radius 2 is 1.15 bits per heavy atom. The van der Waals surface area contributed by atoms with E-state index in [1.165, 1.54) is 25.0 Å². The summed E-state index contributed by atoms with van der Waals surface area (Å²) in [6, 6.07) is -10.7. The van der Waals surface area contributed by atoms with E-state index < -0.39 is 200 Å². The van der Waals surface area contributed by atoms with Crippen molar-refractivity contribution in [2.75, 3.05) is 26.2 Å². The minimum absolute atomic E-state index is 0.0241. The normalized spacial score (nSPS) is 16.0. The van der Waals surface area contributed by atoms with Gasteiger partial charge in [0, 0.05) is 79.7 Å². The summed E-state index contributed by atoms with van der Waals surface area (Å²) in [7, 11) is 0. The summed E-state index contributed by atoms with van der Waals surface area (Å²) in [5.74, 6) is -18.4. The fourth-order valence-corrected chi connectivity index (χ4v) is 11.4. The lowest BCUT2D eigenvalue weighted by molar-refractivity contribution is -0.147. The first-order chi connectivity index (χ1) is 50.3. The number of para-hydroxylation sites is 1. The minimum Gasteiger partial charge on any atom is -0.481 e. The fourth-order valence-electron chi connectivity index (χ4n) is 11.4. The molecule has 4 heterocycles. The van der Waals surface area contributed by atoms with E-state index in [0.29, 0.717) is 28.6 Å². The molecule has 0 radical (unpaired) electrons. The summed E-state index contributed by atoms with van der Waals surface area (Å²) >= 11 is 0. The van der Waals surface area contributed by atoms with Crippen molar-refractivity contribution in [2.45, 2.75) is 190 Å². The second kappa shape index (κ2) is 42.2. The molecule has 26 N–H and O–H groups in total. The summed E-state index contributed by atoms with van der Waals surface area (Å²) in [5, 5.41) is 74.4. The maximum atomic E-state index is 14.7. The Morgan fingerprint density at radius 1 is 0.604 bits per heavy atom. The first-order valence-electron chi connectivity index (χ1n) is 34.2. The van der Waals surface area contributed by atoms with Gasteiger partial charge in [-0.25, -0.2) is 14.8 Å². The summed E-state index contributed by atoms with van der Waals surface area (Å²) < 4.78 is 0. The van der Waals surface area contributed by atoms with Crippen LogP contribution in [0.4, 0.5) is 0 Å². The highest BCUT2D eigenvalue weighted by molar-refractivity contribution is 6.00. The number of aliphatic imine (C=N–C) groups is 1. The van der Waals surface area contributed by atoms with Crippen LogP contribution in [0.3, 0.4) is 0 Å². The smallest absolute Gasteiger partial charge is 0.326 e. The van der Waals surface area contributed by atoms with E-state index in [-0.39, 0.29) is 95.5 Å². The van der Waals surface area contributed by atoms with Crippen LogP contribution in [0.2, 0.25) is 0 Å². The van der Waals surface area contributed by atoms with E-state index in [2.05, 4.69) is 77.8 Å². The van der Waals surface area contributed by atoms with Crippen molar-refractivity contribution in [1.82, 2.24) is 83.0 Å². The second-order valence-electron chi connectivity index (χ2n) is 25.4. The number of unbranched alkanes of at least 4 members (excludes halogenated alkanes) is 1. The molecule has 1 fully saturated rings. The molecule has 0 spiro atoms. The SMILES string of the molecule is CC[C@H](C)[C@H](NC(=O)[C@H](Cc1cnc[nH]1)NC(=O)[C@@H](NC(=O)[C@@H]1CCCN1C(=O)[C@H](CC(=O)O)NC(=O)[C@H](CCCN=C(N)N)NC(=O)[C@H](CCC(=O)O)NC(=O)[C@@H](N)Cc1cnc[nH]1)[C@@H](C)O)C(=O)N[C@@H](CCCCN)C(=O)N[C@@H](Cc1c[nH]c2ccccc12)C(=O)NCC(=O)N[C@@H](CC(=O)O)C(=O)O. The molecule has 106 heavy (non-hydrogen) atoms. The number of carboxylic acid groups (broad SMARTS) is 4. The molecular formula is C65H95N21O20. The molecule has 0 aliphatic carbocycles. The maximum absolute atomic E-state index is 14.7. The standard InChI is InChI=1S/C65H95N21O20/c1-4-32(2)52(61(102)80-40(13-7-8-18-66)56(97)81-43(21-34-26-73-39-12-6-5-11-37(34)39)55(96)74-29-48(88)77-46(64(105)106)25-51(93)94)84-59(100)44(23-36-28-71-31-76-36)82-62(103)53(33(3)87)85-60(101)47-15-10-20-86(47)63(104)45(24-50(91)92)83-57(98)41(14-9-19-72-65(68)69)79-58(99)42(16-17-49(89)90)78-54(95)38(67)22-35-27-70-30-75-35/h5-6,11-12,26-28,30-33,38,40-47,52-53,73,87H,4,7-10,13-25,29,66-67H2,1-3H3,(H,70,75)(H,71,76)(H,74,96)(H,77,88)(H,78,95)(H,79,99)(H,80,102)(H,81,97)(H,82,103)(H,83,98)(H,84,100)(H,85,101)(H,89,90)(H,91,92)(H,93,94)(H,105,106)(H4,68,69,72)/t32-,33+,38-,40-,41-,42-,43-,44-,45-,46-,47-,52-,53-/m0/s1. The predicted octanol–water partition coefficient (Wildman–Crippen LogP) is -6.05. The number of nitrogens with two attached hydrogens (primary N) is 4. The van der Waals surface area contributed by atoms with Crippen LogP contribution in [0.25, 0.3) is 10.9 Å². The zero-order valence-electron chi connectivity index (χ0n) is 58.6. The number of aliphatic hydroxyl groups excluding tert-OH is 1. The number of H-pyrrole nitrogens is 3. The Balaban J connectivity index is 1.35. The van der Waals surface area contributed by atoms with Gasteiger partial charge in [0.2, 0.25) is 65.0 Å². The van der Waals surface area contributed by atoms with Crippen molar-refractivity contribution in [3.8, 4) is 0 Å². The number of fused-ring (bicyclic) bond motifs is 1. The molecule has 0 bridgehead atoms. The number of nitrogens with zero attached hydrogens (tertiary/aromatic N) is 4. The highest BCUT2D eigenvalue weighted by Gasteiger charge is 2.43. The lowest BCUT2D eigenvalue weighted by Crippen LogP contribution is -2.62. The average Bonchev–Trinajstić information content (AvgIpc) is 1.64. The third-order valence-electron chi connectivity index (χ3n) is 17.2. The molecule has 1 saturated heterocycles. The van der Waals surface area contributed by atoms with Gasteiger partial charge in [-0.1, -0.05) is 38.5 Å². The van der Waals surface area contributed by atoms with Gasteiger partial charge in [-0.3, -0.25) is 72.1 Å². The van der Waals surface area contributed by atoms with Crippen LogP contribution in [0.15, 0.2) is 60.5 Å². The van der Waals surface area contributed by atoms with Crippen molar-refractivity contribution in [1.29, 1.82) is 0 Å². The van der Waals surface area contributed by atoms with Gasteiger partial charge in [-0.15, -0.1) is 0 Å². The van der Waals surface area contributed by atoms with E-state index in [1.54, 1.807) is 44.3 Å². The number of aliphatic hydroxyl groups is 1. The topological polar surface area (TPSA) is 670 Å². The van der Waals surface area contributed by atoms with Gasteiger partial charge >= 0.3 is 23.9 Å². The summed E-state index contributed by atoms with van der Waals surface area (Å²) in [4.78, 5) is 224. The number of likely N-dealkylation sites (tertiary alicyclic amines) is 1. The van der Waals surface area contributed by atoms with Crippen molar-refractivity contribution in [2.24, 2.45) is 33.8 Å². The molecule has 41 heteroatoms. The fraction of sp³-hybridized carbons (Fsp3) is 0.538. The van der Waals surface area contributed by atoms with Crippen LogP contribution in [-0.2, 0) is 91.2 Å². The van der Waals surface area contributed by atoms with Gasteiger partial charge in [-0.05, 0) is 82.4 Å². The Hall–Kier alpha value is -11.6. The number of aromatic nitrogens is 5. The highest BCUT2D eigenvalue weighted by atomic mass is 16.4. The Morgan fingerprint density at radius 3 is 1.74 bits per heavy atom. The second-order valence-corrected chi connectivity index (χ2v) is 25.4. The predicted molar refractivity (Wildman–Crippen MR) is 373 cm³/mol. The molecule has 5 rings (SSSR count). The van der Waals surface area contributed by atoms with E-state index >= 15 is 0 Å².